The predicted molar refractivity (Wildman–Crippen MR) is 124 cm³/mol. The molecule has 2 amide bonds. The van der Waals surface area contributed by atoms with Crippen molar-refractivity contribution in [3.8, 4) is 5.75 Å². The molecule has 0 spiro atoms. The van der Waals surface area contributed by atoms with E-state index >= 15 is 0 Å². The Labute approximate surface area is 192 Å². The van der Waals surface area contributed by atoms with E-state index in [1.807, 2.05) is 20.8 Å². The van der Waals surface area contributed by atoms with E-state index in [1.54, 1.807) is 6.07 Å². The Morgan fingerprint density at radius 3 is 2.45 bits per heavy atom. The summed E-state index contributed by atoms with van der Waals surface area (Å²) in [7, 11) is -3.88. The largest absolute Gasteiger partial charge is 0.382 e. The van der Waals surface area contributed by atoms with Crippen molar-refractivity contribution in [2.24, 2.45) is 11.7 Å². The third-order valence-electron chi connectivity index (χ3n) is 5.05. The number of hydrogen-bond acceptors (Lipinski definition) is 9. The third-order valence-corrected chi connectivity index (χ3v) is 5.54. The Balaban J connectivity index is 1.90. The number of carbonyl (C=O) groups excluding carboxylic acids is 2. The van der Waals surface area contributed by atoms with Crippen LogP contribution >= 0.6 is 0 Å². The van der Waals surface area contributed by atoms with Crippen LogP contribution in [0, 0.1) is 5.92 Å². The first-order valence-corrected chi connectivity index (χ1v) is 12.3. The monoisotopic (exact) mass is 476 g/mol. The van der Waals surface area contributed by atoms with Gasteiger partial charge in [0.2, 0.25) is 5.95 Å². The minimum Gasteiger partial charge on any atom is -0.382 e. The average molecular weight is 477 g/mol. The first-order valence-electron chi connectivity index (χ1n) is 10.5. The van der Waals surface area contributed by atoms with Gasteiger partial charge in [-0.1, -0.05) is 13.8 Å². The molecule has 1 saturated carbocycles. The van der Waals surface area contributed by atoms with Gasteiger partial charge in [0.15, 0.2) is 5.75 Å². The van der Waals surface area contributed by atoms with E-state index in [0.29, 0.717) is 5.69 Å². The smallest absolute Gasteiger partial charge is 0.306 e. The van der Waals surface area contributed by atoms with Gasteiger partial charge in [-0.3, -0.25) is 9.59 Å². The molecule has 0 aliphatic heterocycles. The average Bonchev–Trinajstić information content (AvgIpc) is 3.50. The molecule has 1 aliphatic rings. The summed E-state index contributed by atoms with van der Waals surface area (Å²) in [5.41, 5.74) is 6.06. The van der Waals surface area contributed by atoms with Crippen molar-refractivity contribution in [1.82, 2.24) is 15.3 Å². The van der Waals surface area contributed by atoms with Crippen LogP contribution < -0.4 is 25.9 Å². The lowest BCUT2D eigenvalue weighted by atomic mass is 10.1. The van der Waals surface area contributed by atoms with Crippen LogP contribution in [-0.4, -0.2) is 48.5 Å². The number of aromatic nitrogens is 2. The fraction of sp³-hybridized carbons (Fsp3) is 0.429. The first-order chi connectivity index (χ1) is 15.4. The molecule has 11 nitrogen and oxygen atoms in total. The van der Waals surface area contributed by atoms with Gasteiger partial charge in [-0.2, -0.15) is 13.4 Å². The molecule has 1 fully saturated rings. The zero-order chi connectivity index (χ0) is 24.3. The van der Waals surface area contributed by atoms with E-state index in [4.69, 9.17) is 9.92 Å². The minimum atomic E-state index is -3.88. The summed E-state index contributed by atoms with van der Waals surface area (Å²) < 4.78 is 28.5. The summed E-state index contributed by atoms with van der Waals surface area (Å²) in [6.07, 6.45) is 3.98. The van der Waals surface area contributed by atoms with E-state index in [0.717, 1.165) is 19.1 Å². The van der Waals surface area contributed by atoms with Gasteiger partial charge in [-0.25, -0.2) is 4.98 Å². The number of nitrogens with zero attached hydrogens (tertiary/aromatic N) is 2. The maximum atomic E-state index is 12.5. The molecule has 178 valence electrons. The van der Waals surface area contributed by atoms with Crippen LogP contribution in [0.1, 0.15) is 54.3 Å². The summed E-state index contributed by atoms with van der Waals surface area (Å²) >= 11 is 0. The summed E-state index contributed by atoms with van der Waals surface area (Å²) in [4.78, 5) is 32.7. The molecule has 33 heavy (non-hydrogen) atoms. The Kier molecular flexibility index (Phi) is 7.06. The van der Waals surface area contributed by atoms with Crippen LogP contribution in [0.3, 0.4) is 0 Å². The van der Waals surface area contributed by atoms with Crippen molar-refractivity contribution in [3.05, 3.63) is 35.5 Å². The van der Waals surface area contributed by atoms with Crippen molar-refractivity contribution >= 4 is 39.4 Å². The quantitative estimate of drug-likeness (QED) is 0.375. The van der Waals surface area contributed by atoms with E-state index in [2.05, 4.69) is 25.9 Å². The highest BCUT2D eigenvalue weighted by molar-refractivity contribution is 7.86. The van der Waals surface area contributed by atoms with Crippen molar-refractivity contribution in [2.45, 2.75) is 45.7 Å². The second-order valence-electron chi connectivity index (χ2n) is 8.37. The molecule has 1 aliphatic carbocycles. The Morgan fingerprint density at radius 2 is 1.88 bits per heavy atom. The zero-order valence-corrected chi connectivity index (χ0v) is 19.7. The van der Waals surface area contributed by atoms with Gasteiger partial charge in [-0.15, -0.1) is 0 Å². The van der Waals surface area contributed by atoms with E-state index < -0.39 is 21.9 Å². The van der Waals surface area contributed by atoms with E-state index in [9.17, 15) is 18.0 Å². The molecule has 0 unspecified atom stereocenters. The van der Waals surface area contributed by atoms with Crippen molar-refractivity contribution in [1.29, 1.82) is 0 Å². The second kappa shape index (κ2) is 9.61. The van der Waals surface area contributed by atoms with Crippen LogP contribution in [-0.2, 0) is 10.1 Å². The highest BCUT2D eigenvalue weighted by Crippen LogP contribution is 2.28. The number of benzene rings is 1. The Hall–Kier alpha value is -3.41. The van der Waals surface area contributed by atoms with Crippen LogP contribution in [0.4, 0.5) is 17.5 Å². The van der Waals surface area contributed by atoms with Crippen LogP contribution in [0.15, 0.2) is 24.4 Å². The fourth-order valence-electron chi connectivity index (χ4n) is 2.75. The SMILES string of the molecule is CC(C)[C@@H](C)Nc1nc(Nc2ccc(C(=O)NC3CC3)c(OS(C)(=O)=O)c2)ncc1C(N)=O. The van der Waals surface area contributed by atoms with E-state index in [1.165, 1.54) is 18.3 Å². The molecule has 1 heterocycles. The highest BCUT2D eigenvalue weighted by atomic mass is 32.2. The summed E-state index contributed by atoms with van der Waals surface area (Å²) in [6, 6.07) is 4.50. The second-order valence-corrected chi connectivity index (χ2v) is 9.94. The standard InChI is InChI=1S/C21H28N6O5S/c1-11(2)12(3)24-19-16(18(22)28)10-23-21(27-19)26-14-7-8-15(20(29)25-13-5-6-13)17(9-14)32-33(4,30)31/h7-13H,5-6H2,1-4H3,(H2,22,28)(H,25,29)(H2,23,24,26,27)/t12-/m1/s1. The Morgan fingerprint density at radius 1 is 1.18 bits per heavy atom. The highest BCUT2D eigenvalue weighted by Gasteiger charge is 2.26. The number of carbonyl (C=O) groups is 2. The van der Waals surface area contributed by atoms with Crippen molar-refractivity contribution in [3.63, 3.8) is 0 Å². The normalized spacial score (nSPS) is 14.5. The molecule has 0 saturated heterocycles. The van der Waals surface area contributed by atoms with E-state index in [-0.39, 0.29) is 46.6 Å². The minimum absolute atomic E-state index is 0.00452. The van der Waals surface area contributed by atoms with Gasteiger partial charge in [0, 0.05) is 30.0 Å². The maximum Gasteiger partial charge on any atom is 0.306 e. The van der Waals surface area contributed by atoms with Crippen LogP contribution in [0.2, 0.25) is 0 Å². The number of nitrogens with one attached hydrogen (secondary N) is 3. The number of amides is 2. The number of hydrogen-bond donors (Lipinski definition) is 4. The molecule has 1 aromatic heterocycles. The molecule has 1 aromatic carbocycles. The lowest BCUT2D eigenvalue weighted by Crippen LogP contribution is -2.26. The summed E-state index contributed by atoms with van der Waals surface area (Å²) in [5, 5.41) is 8.90. The lowest BCUT2D eigenvalue weighted by molar-refractivity contribution is 0.0948. The molecular formula is C21H28N6O5S. The molecule has 1 atom stereocenters. The summed E-state index contributed by atoms with van der Waals surface area (Å²) in [5.74, 6) is -0.537. The topological polar surface area (TPSA) is 165 Å². The molecule has 5 N–H and O–H groups in total. The third kappa shape index (κ3) is 6.78. The molecular weight excluding hydrogens is 448 g/mol. The molecule has 0 radical (unpaired) electrons. The molecule has 3 rings (SSSR count). The van der Waals surface area contributed by atoms with Gasteiger partial charge in [0.25, 0.3) is 11.8 Å². The van der Waals surface area contributed by atoms with Gasteiger partial charge in [0.1, 0.15) is 5.82 Å². The van der Waals surface area contributed by atoms with Gasteiger partial charge in [0.05, 0.1) is 17.4 Å². The molecule has 0 bridgehead atoms. The van der Waals surface area contributed by atoms with Gasteiger partial charge >= 0.3 is 10.1 Å². The maximum absolute atomic E-state index is 12.5. The zero-order valence-electron chi connectivity index (χ0n) is 18.9. The van der Waals surface area contributed by atoms with Crippen molar-refractivity contribution < 1.29 is 22.2 Å². The van der Waals surface area contributed by atoms with Crippen LogP contribution in [0.25, 0.3) is 0 Å². The molecule has 2 aromatic rings. The number of nitrogens with two attached hydrogens (primary N) is 1. The fourth-order valence-corrected chi connectivity index (χ4v) is 3.22. The van der Waals surface area contributed by atoms with Gasteiger partial charge in [-0.05, 0) is 37.8 Å². The predicted octanol–water partition coefficient (Wildman–Crippen LogP) is 2.01. The lowest BCUT2D eigenvalue weighted by Gasteiger charge is -2.20. The van der Waals surface area contributed by atoms with Gasteiger partial charge < -0.3 is 25.9 Å². The first kappa shape index (κ1) is 24.2. The Bertz CT molecular complexity index is 1160. The molecule has 12 heteroatoms. The summed E-state index contributed by atoms with van der Waals surface area (Å²) in [6.45, 7) is 5.99. The van der Waals surface area contributed by atoms with Crippen LogP contribution in [0.5, 0.6) is 5.75 Å². The number of primary amides is 1. The number of anilines is 3. The van der Waals surface area contributed by atoms with Crippen molar-refractivity contribution in [2.75, 3.05) is 16.9 Å². The number of rotatable bonds is 10.